The van der Waals surface area contributed by atoms with Gasteiger partial charge in [0.05, 0.1) is 18.2 Å². The number of aromatic nitrogens is 4. The van der Waals surface area contributed by atoms with Crippen molar-refractivity contribution >= 4 is 16.9 Å². The minimum atomic E-state index is -4.66. The van der Waals surface area contributed by atoms with Gasteiger partial charge in [-0.2, -0.15) is 5.10 Å². The first-order chi connectivity index (χ1) is 13.0. The van der Waals surface area contributed by atoms with Gasteiger partial charge in [-0.05, 0) is 25.0 Å². The van der Waals surface area contributed by atoms with E-state index in [9.17, 15) is 13.2 Å². The average Bonchev–Trinajstić information content (AvgIpc) is 3.27. The van der Waals surface area contributed by atoms with Crippen LogP contribution in [0.25, 0.3) is 11.0 Å². The second-order valence-corrected chi connectivity index (χ2v) is 6.51. The Balaban J connectivity index is 1.50. The molecule has 2 aromatic rings. The van der Waals surface area contributed by atoms with Crippen LogP contribution in [0.5, 0.6) is 0 Å². The molecule has 10 heteroatoms. The smallest absolute Gasteiger partial charge is 0.410 e. The molecule has 0 aromatic carbocycles. The number of hydrogen-bond acceptors (Lipinski definition) is 6. The van der Waals surface area contributed by atoms with Crippen LogP contribution < -0.4 is 5.32 Å². The molecular weight excluding hydrogens is 363 g/mol. The second kappa shape index (κ2) is 7.18. The van der Waals surface area contributed by atoms with Crippen molar-refractivity contribution in [3.63, 3.8) is 0 Å². The van der Waals surface area contributed by atoms with E-state index in [0.29, 0.717) is 23.8 Å². The Labute approximate surface area is 152 Å². The third-order valence-electron chi connectivity index (χ3n) is 4.53. The number of anilines is 1. The summed E-state index contributed by atoms with van der Waals surface area (Å²) in [6, 6.07) is 0. The molecule has 0 amide bonds. The number of alkyl halides is 3. The van der Waals surface area contributed by atoms with E-state index in [1.54, 1.807) is 12.3 Å². The number of ether oxygens (including phenoxy) is 2. The molecule has 0 radical (unpaired) electrons. The largest absolute Gasteiger partial charge is 0.572 e. The molecule has 1 N–H and O–H groups in total. The highest BCUT2D eigenvalue weighted by atomic mass is 19.4. The van der Waals surface area contributed by atoms with Gasteiger partial charge in [-0.3, -0.25) is 0 Å². The average molecular weight is 381 g/mol. The predicted octanol–water partition coefficient (Wildman–Crippen LogP) is 3.37. The van der Waals surface area contributed by atoms with Gasteiger partial charge in [0, 0.05) is 31.2 Å². The fourth-order valence-electron chi connectivity index (χ4n) is 3.21. The normalized spacial score (nSPS) is 20.5. The van der Waals surface area contributed by atoms with Crippen molar-refractivity contribution in [2.75, 3.05) is 18.5 Å². The van der Waals surface area contributed by atoms with Crippen molar-refractivity contribution in [3.8, 4) is 0 Å². The fraction of sp³-hybridized carbons (Fsp3) is 0.471. The van der Waals surface area contributed by atoms with Crippen molar-refractivity contribution in [2.24, 2.45) is 5.92 Å². The molecule has 0 spiro atoms. The summed E-state index contributed by atoms with van der Waals surface area (Å²) in [6.45, 7) is 2.22. The topological polar surface area (TPSA) is 74.1 Å². The Kier molecular flexibility index (Phi) is 4.73. The van der Waals surface area contributed by atoms with Gasteiger partial charge in [-0.1, -0.05) is 0 Å². The van der Waals surface area contributed by atoms with E-state index in [1.165, 1.54) is 12.4 Å². The summed E-state index contributed by atoms with van der Waals surface area (Å²) in [6.07, 6.45) is 2.92. The molecular formula is C17H18F3N5O2. The van der Waals surface area contributed by atoms with E-state index in [1.807, 2.05) is 4.68 Å². The van der Waals surface area contributed by atoms with Crippen LogP contribution in [0.3, 0.4) is 0 Å². The first kappa shape index (κ1) is 17.8. The molecule has 0 saturated carbocycles. The maximum absolute atomic E-state index is 12.3. The van der Waals surface area contributed by atoms with Gasteiger partial charge in [0.2, 0.25) is 0 Å². The zero-order valence-corrected chi connectivity index (χ0v) is 14.4. The number of halogens is 3. The standard InChI is InChI=1S/C17H18F3N5O2/c18-17(19,20)27-13-3-1-12(2-4-13)24-15-14-7-23-25(16(14)22-10-21-15)8-11-5-6-26-9-11/h1,3,7,10-11H,2,4-6,8-9H2,(H,21,22,24). The molecule has 1 aliphatic heterocycles. The number of hydrogen-bond donors (Lipinski definition) is 1. The maximum Gasteiger partial charge on any atom is 0.572 e. The molecule has 1 atom stereocenters. The van der Waals surface area contributed by atoms with Crippen LogP contribution in [-0.4, -0.2) is 39.3 Å². The van der Waals surface area contributed by atoms with Crippen LogP contribution in [-0.2, 0) is 16.0 Å². The lowest BCUT2D eigenvalue weighted by molar-refractivity contribution is -0.306. The first-order valence-electron chi connectivity index (χ1n) is 8.65. The van der Waals surface area contributed by atoms with E-state index in [4.69, 9.17) is 4.74 Å². The van der Waals surface area contributed by atoms with Crippen LogP contribution in [0.2, 0.25) is 0 Å². The Bertz CT molecular complexity index is 884. The highest BCUT2D eigenvalue weighted by Gasteiger charge is 2.32. The van der Waals surface area contributed by atoms with Gasteiger partial charge in [-0.25, -0.2) is 14.6 Å². The van der Waals surface area contributed by atoms with Crippen LogP contribution in [0, 0.1) is 5.92 Å². The van der Waals surface area contributed by atoms with Gasteiger partial charge in [0.1, 0.15) is 17.9 Å². The van der Waals surface area contributed by atoms with E-state index in [0.717, 1.165) is 37.3 Å². The SMILES string of the molecule is FC(F)(F)OC1=CC=C(Nc2ncnc3c2cnn3CC2CCOC2)CC1. The molecule has 1 unspecified atom stereocenters. The molecule has 3 heterocycles. The maximum atomic E-state index is 12.3. The third kappa shape index (κ3) is 4.21. The number of fused-ring (bicyclic) bond motifs is 1. The Hall–Kier alpha value is -2.62. The molecule has 27 heavy (non-hydrogen) atoms. The zero-order valence-electron chi connectivity index (χ0n) is 14.4. The molecule has 1 saturated heterocycles. The zero-order chi connectivity index (χ0) is 18.9. The summed E-state index contributed by atoms with van der Waals surface area (Å²) >= 11 is 0. The summed E-state index contributed by atoms with van der Waals surface area (Å²) in [4.78, 5) is 8.57. The molecule has 4 rings (SSSR count). The number of rotatable bonds is 5. The van der Waals surface area contributed by atoms with E-state index in [-0.39, 0.29) is 12.2 Å². The van der Waals surface area contributed by atoms with Crippen molar-refractivity contribution in [3.05, 3.63) is 36.1 Å². The summed E-state index contributed by atoms with van der Waals surface area (Å²) < 4.78 is 48.0. The van der Waals surface area contributed by atoms with Crippen molar-refractivity contribution in [2.45, 2.75) is 32.2 Å². The molecule has 0 bridgehead atoms. The third-order valence-corrected chi connectivity index (χ3v) is 4.53. The Morgan fingerprint density at radius 1 is 1.26 bits per heavy atom. The lowest BCUT2D eigenvalue weighted by Crippen LogP contribution is -2.15. The van der Waals surface area contributed by atoms with E-state index < -0.39 is 6.36 Å². The van der Waals surface area contributed by atoms with Gasteiger partial charge < -0.3 is 14.8 Å². The monoisotopic (exact) mass is 381 g/mol. The highest BCUT2D eigenvalue weighted by molar-refractivity contribution is 5.86. The van der Waals surface area contributed by atoms with E-state index in [2.05, 4.69) is 25.1 Å². The Morgan fingerprint density at radius 3 is 2.85 bits per heavy atom. The molecule has 7 nitrogen and oxygen atoms in total. The van der Waals surface area contributed by atoms with Gasteiger partial charge in [-0.15, -0.1) is 13.2 Å². The minimum Gasteiger partial charge on any atom is -0.410 e. The molecule has 144 valence electrons. The number of nitrogens with one attached hydrogen (secondary N) is 1. The highest BCUT2D eigenvalue weighted by Crippen LogP contribution is 2.29. The predicted molar refractivity (Wildman–Crippen MR) is 90.4 cm³/mol. The van der Waals surface area contributed by atoms with Gasteiger partial charge in [0.25, 0.3) is 0 Å². The lowest BCUT2D eigenvalue weighted by Gasteiger charge is -2.18. The van der Waals surface area contributed by atoms with Crippen molar-refractivity contribution in [1.29, 1.82) is 0 Å². The van der Waals surface area contributed by atoms with Gasteiger partial charge in [0.15, 0.2) is 5.65 Å². The summed E-state index contributed by atoms with van der Waals surface area (Å²) in [7, 11) is 0. The van der Waals surface area contributed by atoms with Crippen LogP contribution >= 0.6 is 0 Å². The van der Waals surface area contributed by atoms with Crippen LogP contribution in [0.15, 0.2) is 36.1 Å². The van der Waals surface area contributed by atoms with Crippen molar-refractivity contribution < 1.29 is 22.6 Å². The summed E-state index contributed by atoms with van der Waals surface area (Å²) in [5.74, 6) is 0.888. The first-order valence-corrected chi connectivity index (χ1v) is 8.65. The minimum absolute atomic E-state index is 0.104. The Morgan fingerprint density at radius 2 is 2.15 bits per heavy atom. The fourth-order valence-corrected chi connectivity index (χ4v) is 3.21. The summed E-state index contributed by atoms with van der Waals surface area (Å²) in [5.41, 5.74) is 1.47. The quantitative estimate of drug-likeness (QED) is 0.856. The lowest BCUT2D eigenvalue weighted by atomic mass is 10.1. The van der Waals surface area contributed by atoms with Crippen LogP contribution in [0.4, 0.5) is 19.0 Å². The second-order valence-electron chi connectivity index (χ2n) is 6.51. The molecule has 1 aliphatic carbocycles. The van der Waals surface area contributed by atoms with Crippen LogP contribution in [0.1, 0.15) is 19.3 Å². The number of allylic oxidation sites excluding steroid dienone is 4. The molecule has 2 aliphatic rings. The van der Waals surface area contributed by atoms with Crippen molar-refractivity contribution in [1.82, 2.24) is 19.7 Å². The molecule has 1 fully saturated rings. The number of nitrogens with zero attached hydrogens (tertiary/aromatic N) is 4. The summed E-state index contributed by atoms with van der Waals surface area (Å²) in [5, 5.41) is 8.33. The van der Waals surface area contributed by atoms with E-state index >= 15 is 0 Å². The van der Waals surface area contributed by atoms with Gasteiger partial charge >= 0.3 is 6.36 Å². The molecule has 2 aromatic heterocycles.